The van der Waals surface area contributed by atoms with Crippen molar-refractivity contribution in [3.8, 4) is 0 Å². The van der Waals surface area contributed by atoms with Crippen LogP contribution in [0.1, 0.15) is 19.5 Å². The van der Waals surface area contributed by atoms with E-state index in [-0.39, 0.29) is 5.03 Å². The van der Waals surface area contributed by atoms with Crippen LogP contribution in [0, 0.1) is 6.92 Å². The molecule has 154 valence electrons. The number of anilines is 4. The first-order valence-corrected chi connectivity index (χ1v) is 10.8. The van der Waals surface area contributed by atoms with Gasteiger partial charge in [0.2, 0.25) is 5.95 Å². The summed E-state index contributed by atoms with van der Waals surface area (Å²) in [6.45, 7) is 7.81. The van der Waals surface area contributed by atoms with Gasteiger partial charge in [0.15, 0.2) is 5.03 Å². The second-order valence-electron chi connectivity index (χ2n) is 6.55. The van der Waals surface area contributed by atoms with E-state index in [9.17, 15) is 8.42 Å². The zero-order valence-electron chi connectivity index (χ0n) is 16.9. The molecule has 0 atom stereocenters. The maximum atomic E-state index is 12.4. The predicted octanol–water partition coefficient (Wildman–Crippen LogP) is 2.91. The normalized spacial score (nSPS) is 11.3. The minimum atomic E-state index is -3.72. The van der Waals surface area contributed by atoms with E-state index in [1.165, 1.54) is 12.5 Å². The van der Waals surface area contributed by atoms with Crippen molar-refractivity contribution in [3.05, 3.63) is 48.5 Å². The van der Waals surface area contributed by atoms with E-state index in [4.69, 9.17) is 0 Å². The van der Waals surface area contributed by atoms with Crippen LogP contribution in [0.2, 0.25) is 0 Å². The molecule has 3 rings (SSSR count). The molecule has 0 spiro atoms. The lowest BCUT2D eigenvalue weighted by molar-refractivity contribution is 0.598. The van der Waals surface area contributed by atoms with Gasteiger partial charge in [-0.25, -0.2) is 9.97 Å². The molecule has 0 bridgehead atoms. The van der Waals surface area contributed by atoms with Crippen LogP contribution in [0.25, 0.3) is 0 Å². The van der Waals surface area contributed by atoms with E-state index in [1.807, 2.05) is 13.0 Å². The molecule has 0 fully saturated rings. The van der Waals surface area contributed by atoms with Crippen LogP contribution in [-0.4, -0.2) is 41.0 Å². The van der Waals surface area contributed by atoms with Crippen molar-refractivity contribution in [2.45, 2.75) is 25.8 Å². The van der Waals surface area contributed by atoms with E-state index in [0.717, 1.165) is 30.3 Å². The number of aryl methyl sites for hydroxylation is 2. The monoisotopic (exact) mass is 415 g/mol. The molecule has 0 aliphatic heterocycles. The fourth-order valence-electron chi connectivity index (χ4n) is 2.80. The van der Waals surface area contributed by atoms with Crippen LogP contribution in [0.15, 0.2) is 47.9 Å². The Morgan fingerprint density at radius 1 is 1.07 bits per heavy atom. The fourth-order valence-corrected chi connectivity index (χ4v) is 3.85. The molecular formula is C19H25N7O2S. The summed E-state index contributed by atoms with van der Waals surface area (Å²) in [5.41, 5.74) is 2.06. The van der Waals surface area contributed by atoms with Gasteiger partial charge in [-0.2, -0.15) is 13.4 Å². The first-order valence-electron chi connectivity index (χ1n) is 9.29. The Hall–Kier alpha value is -3.14. The Labute approximate surface area is 170 Å². The highest BCUT2D eigenvalue weighted by Crippen LogP contribution is 2.21. The van der Waals surface area contributed by atoms with E-state index in [1.54, 1.807) is 35.9 Å². The van der Waals surface area contributed by atoms with E-state index < -0.39 is 10.0 Å². The van der Waals surface area contributed by atoms with Crippen LogP contribution < -0.4 is 14.9 Å². The third kappa shape index (κ3) is 5.02. The van der Waals surface area contributed by atoms with Crippen LogP contribution in [0.4, 0.5) is 23.1 Å². The van der Waals surface area contributed by atoms with Gasteiger partial charge in [0.1, 0.15) is 5.82 Å². The van der Waals surface area contributed by atoms with Gasteiger partial charge in [0, 0.05) is 49.5 Å². The van der Waals surface area contributed by atoms with Crippen LogP contribution >= 0.6 is 0 Å². The Morgan fingerprint density at radius 3 is 2.31 bits per heavy atom. The van der Waals surface area contributed by atoms with Crippen LogP contribution in [0.3, 0.4) is 0 Å². The van der Waals surface area contributed by atoms with Gasteiger partial charge < -0.3 is 14.8 Å². The average molecular weight is 416 g/mol. The lowest BCUT2D eigenvalue weighted by Gasteiger charge is -2.20. The van der Waals surface area contributed by atoms with Crippen molar-refractivity contribution in [3.63, 3.8) is 0 Å². The zero-order chi connectivity index (χ0) is 21.0. The Bertz CT molecular complexity index is 1070. The van der Waals surface area contributed by atoms with Crippen molar-refractivity contribution >= 4 is 33.2 Å². The topological polar surface area (TPSA) is 105 Å². The third-order valence-electron chi connectivity index (χ3n) is 4.28. The largest absolute Gasteiger partial charge is 0.357 e. The second kappa shape index (κ2) is 8.48. The van der Waals surface area contributed by atoms with Gasteiger partial charge >= 0.3 is 0 Å². The quantitative estimate of drug-likeness (QED) is 0.583. The molecule has 10 heteroatoms. The minimum Gasteiger partial charge on any atom is -0.357 e. The molecule has 0 radical (unpaired) electrons. The number of imidazole rings is 1. The summed E-state index contributed by atoms with van der Waals surface area (Å²) in [6.07, 6.45) is 2.89. The van der Waals surface area contributed by atoms with Crippen molar-refractivity contribution < 1.29 is 8.42 Å². The summed E-state index contributed by atoms with van der Waals surface area (Å²) in [6, 6.07) is 8.82. The first kappa shape index (κ1) is 20.6. The van der Waals surface area contributed by atoms with Crippen LogP contribution in [-0.2, 0) is 17.1 Å². The molecule has 1 aromatic carbocycles. The number of aromatic nitrogens is 4. The lowest BCUT2D eigenvalue weighted by atomic mass is 10.3. The molecule has 0 aliphatic carbocycles. The standard InChI is InChI=1S/C19H25N7O2S/c1-5-26(6-2)17-11-14(3)21-19(23-17)22-15-7-9-16(10-8-15)24-29(27,28)18-12-25(4)13-20-18/h7-13,24H,5-6H2,1-4H3,(H,21,22,23). The maximum absolute atomic E-state index is 12.4. The predicted molar refractivity (Wildman–Crippen MR) is 114 cm³/mol. The smallest absolute Gasteiger partial charge is 0.280 e. The molecule has 9 nitrogen and oxygen atoms in total. The Morgan fingerprint density at radius 2 is 1.72 bits per heavy atom. The van der Waals surface area contributed by atoms with Gasteiger partial charge in [-0.05, 0) is 45.0 Å². The summed E-state index contributed by atoms with van der Waals surface area (Å²) in [5, 5.41) is 3.14. The first-order chi connectivity index (χ1) is 13.8. The SMILES string of the molecule is CCN(CC)c1cc(C)nc(Nc2ccc(NS(=O)(=O)c3cn(C)cn3)cc2)n1. The molecule has 2 N–H and O–H groups in total. The van der Waals surface area contributed by atoms with Gasteiger partial charge in [0.05, 0.1) is 6.33 Å². The van der Waals surface area contributed by atoms with Crippen LogP contribution in [0.5, 0.6) is 0 Å². The van der Waals surface area contributed by atoms with E-state index in [0.29, 0.717) is 11.6 Å². The number of hydrogen-bond donors (Lipinski definition) is 2. The summed E-state index contributed by atoms with van der Waals surface area (Å²) in [4.78, 5) is 15.0. The molecule has 2 heterocycles. The molecule has 3 aromatic rings. The molecular weight excluding hydrogens is 390 g/mol. The van der Waals surface area contributed by atoms with Crippen molar-refractivity contribution in [1.29, 1.82) is 0 Å². The lowest BCUT2D eigenvalue weighted by Crippen LogP contribution is -2.23. The van der Waals surface area contributed by atoms with Gasteiger partial charge in [-0.3, -0.25) is 4.72 Å². The number of nitrogens with zero attached hydrogens (tertiary/aromatic N) is 5. The number of rotatable bonds is 8. The van der Waals surface area contributed by atoms with Gasteiger partial charge in [-0.15, -0.1) is 0 Å². The highest BCUT2D eigenvalue weighted by Gasteiger charge is 2.17. The van der Waals surface area contributed by atoms with Gasteiger partial charge in [0.25, 0.3) is 10.0 Å². The summed E-state index contributed by atoms with van der Waals surface area (Å²) >= 11 is 0. The fraction of sp³-hybridized carbons (Fsp3) is 0.316. The Balaban J connectivity index is 1.74. The van der Waals surface area contributed by atoms with E-state index in [2.05, 4.69) is 43.7 Å². The minimum absolute atomic E-state index is 0.0284. The highest BCUT2D eigenvalue weighted by molar-refractivity contribution is 7.92. The Kier molecular flexibility index (Phi) is 6.02. The average Bonchev–Trinajstić information content (AvgIpc) is 3.11. The number of sulfonamides is 1. The molecule has 0 saturated carbocycles. The number of nitrogens with one attached hydrogen (secondary N) is 2. The highest BCUT2D eigenvalue weighted by atomic mass is 32.2. The molecule has 2 aromatic heterocycles. The maximum Gasteiger partial charge on any atom is 0.280 e. The summed E-state index contributed by atoms with van der Waals surface area (Å²) < 4.78 is 28.8. The summed E-state index contributed by atoms with van der Waals surface area (Å²) in [7, 11) is -2.01. The molecule has 0 amide bonds. The molecule has 29 heavy (non-hydrogen) atoms. The van der Waals surface area contributed by atoms with Gasteiger partial charge in [-0.1, -0.05) is 0 Å². The van der Waals surface area contributed by atoms with E-state index >= 15 is 0 Å². The molecule has 0 saturated heterocycles. The molecule has 0 unspecified atom stereocenters. The van der Waals surface area contributed by atoms with Crippen molar-refractivity contribution in [2.75, 3.05) is 28.0 Å². The number of hydrogen-bond acceptors (Lipinski definition) is 7. The second-order valence-corrected chi connectivity index (χ2v) is 8.18. The number of benzene rings is 1. The molecule has 0 aliphatic rings. The van der Waals surface area contributed by atoms with Crippen molar-refractivity contribution in [2.24, 2.45) is 7.05 Å². The zero-order valence-corrected chi connectivity index (χ0v) is 17.7. The third-order valence-corrected chi connectivity index (χ3v) is 5.54. The van der Waals surface area contributed by atoms with Crippen molar-refractivity contribution in [1.82, 2.24) is 19.5 Å². The summed E-state index contributed by atoms with van der Waals surface area (Å²) in [5.74, 6) is 1.36.